The fourth-order valence-corrected chi connectivity index (χ4v) is 5.52. The van der Waals surface area contributed by atoms with Crippen LogP contribution in [0.25, 0.3) is 10.9 Å². The van der Waals surface area contributed by atoms with E-state index in [2.05, 4.69) is 5.16 Å². The molecule has 0 radical (unpaired) electrons. The van der Waals surface area contributed by atoms with Crippen molar-refractivity contribution < 1.29 is 9.32 Å². The minimum atomic E-state index is 0.0871. The van der Waals surface area contributed by atoms with Crippen molar-refractivity contribution in [2.45, 2.75) is 39.0 Å². The van der Waals surface area contributed by atoms with E-state index in [1.54, 1.807) is 11.3 Å². The highest BCUT2D eigenvalue weighted by molar-refractivity contribution is 7.14. The lowest BCUT2D eigenvalue weighted by Crippen LogP contribution is -2.39. The zero-order chi connectivity index (χ0) is 22.2. The standard InChI is InChI=1S/C25H26N4O2S/c1-15-20(16(2)31-28-15)13-19-9-10-23(32-19)25(30)29-11-5-7-18(14-29)24-21(26)12-17-6-3-4-8-22(17)27-24/h3-4,6,8-10,12,18H,5,7,11,13-14,26H2,1-2H3/t18-/m1/s1. The number of nitrogens with two attached hydrogens (primary N) is 1. The molecular weight excluding hydrogens is 420 g/mol. The number of carbonyl (C=O) groups excluding carboxylic acids is 1. The van der Waals surface area contributed by atoms with Gasteiger partial charge in [-0.3, -0.25) is 9.78 Å². The summed E-state index contributed by atoms with van der Waals surface area (Å²) in [7, 11) is 0. The smallest absolute Gasteiger partial charge is 0.263 e. The molecule has 1 aliphatic heterocycles. The molecule has 4 aromatic rings. The van der Waals surface area contributed by atoms with E-state index in [9.17, 15) is 4.79 Å². The summed E-state index contributed by atoms with van der Waals surface area (Å²) in [6.45, 7) is 5.28. The zero-order valence-corrected chi connectivity index (χ0v) is 19.1. The molecule has 1 atom stereocenters. The van der Waals surface area contributed by atoms with Crippen LogP contribution in [0.5, 0.6) is 0 Å². The van der Waals surface area contributed by atoms with E-state index in [0.717, 1.165) is 69.2 Å². The molecule has 6 nitrogen and oxygen atoms in total. The van der Waals surface area contributed by atoms with Gasteiger partial charge in [0.15, 0.2) is 0 Å². The average molecular weight is 447 g/mol. The first kappa shape index (κ1) is 20.7. The minimum absolute atomic E-state index is 0.0871. The van der Waals surface area contributed by atoms with Crippen LogP contribution < -0.4 is 5.73 Å². The van der Waals surface area contributed by atoms with E-state index in [0.29, 0.717) is 12.2 Å². The van der Waals surface area contributed by atoms with Gasteiger partial charge in [-0.1, -0.05) is 23.4 Å². The molecule has 4 heterocycles. The highest BCUT2D eigenvalue weighted by atomic mass is 32.1. The number of pyridine rings is 1. The number of likely N-dealkylation sites (tertiary alicyclic amines) is 1. The highest BCUT2D eigenvalue weighted by Gasteiger charge is 2.28. The van der Waals surface area contributed by atoms with Gasteiger partial charge in [-0.2, -0.15) is 0 Å². The third-order valence-electron chi connectivity index (χ3n) is 6.28. The van der Waals surface area contributed by atoms with Crippen molar-refractivity contribution in [1.29, 1.82) is 0 Å². The maximum atomic E-state index is 13.3. The van der Waals surface area contributed by atoms with Crippen LogP contribution in [0.3, 0.4) is 0 Å². The number of benzene rings is 1. The first-order valence-corrected chi connectivity index (χ1v) is 11.8. The fraction of sp³-hybridized carbons (Fsp3) is 0.320. The molecule has 3 aromatic heterocycles. The Morgan fingerprint density at radius 3 is 2.91 bits per heavy atom. The van der Waals surface area contributed by atoms with Gasteiger partial charge in [0.1, 0.15) is 5.76 Å². The second-order valence-corrected chi connectivity index (χ2v) is 9.66. The number of amides is 1. The van der Waals surface area contributed by atoms with Gasteiger partial charge in [-0.25, -0.2) is 0 Å². The van der Waals surface area contributed by atoms with E-state index >= 15 is 0 Å². The van der Waals surface area contributed by atoms with Crippen LogP contribution in [-0.4, -0.2) is 34.0 Å². The topological polar surface area (TPSA) is 85.2 Å². The molecule has 1 saturated heterocycles. The summed E-state index contributed by atoms with van der Waals surface area (Å²) in [5.41, 5.74) is 10.9. The van der Waals surface area contributed by atoms with Crippen LogP contribution in [-0.2, 0) is 6.42 Å². The molecule has 5 rings (SSSR count). The summed E-state index contributed by atoms with van der Waals surface area (Å²) in [5.74, 6) is 1.08. The minimum Gasteiger partial charge on any atom is -0.397 e. The van der Waals surface area contributed by atoms with Gasteiger partial charge >= 0.3 is 0 Å². The second-order valence-electron chi connectivity index (χ2n) is 8.49. The predicted molar refractivity (Wildman–Crippen MR) is 127 cm³/mol. The van der Waals surface area contributed by atoms with Gasteiger partial charge in [0.25, 0.3) is 5.91 Å². The Labute approximate surface area is 191 Å². The number of para-hydroxylation sites is 1. The van der Waals surface area contributed by atoms with Crippen LogP contribution in [0.2, 0.25) is 0 Å². The number of hydrogen-bond acceptors (Lipinski definition) is 6. The van der Waals surface area contributed by atoms with Crippen molar-refractivity contribution in [3.63, 3.8) is 0 Å². The average Bonchev–Trinajstić information content (AvgIpc) is 3.40. The van der Waals surface area contributed by atoms with Gasteiger partial charge in [0, 0.05) is 41.3 Å². The fourth-order valence-electron chi connectivity index (χ4n) is 4.53. The maximum Gasteiger partial charge on any atom is 0.263 e. The Hall–Kier alpha value is -3.19. The number of nitrogens with zero attached hydrogens (tertiary/aromatic N) is 3. The molecule has 0 saturated carbocycles. The maximum absolute atomic E-state index is 13.3. The van der Waals surface area contributed by atoms with E-state index in [1.807, 2.05) is 61.2 Å². The molecule has 32 heavy (non-hydrogen) atoms. The molecule has 1 aliphatic rings. The number of hydrogen-bond donors (Lipinski definition) is 1. The van der Waals surface area contributed by atoms with Crippen molar-refractivity contribution in [1.82, 2.24) is 15.0 Å². The van der Waals surface area contributed by atoms with Crippen LogP contribution in [0.4, 0.5) is 5.69 Å². The molecule has 0 spiro atoms. The summed E-state index contributed by atoms with van der Waals surface area (Å²) in [5, 5.41) is 5.07. The lowest BCUT2D eigenvalue weighted by atomic mass is 9.92. The number of rotatable bonds is 4. The van der Waals surface area contributed by atoms with Gasteiger partial charge in [0.2, 0.25) is 0 Å². The van der Waals surface area contributed by atoms with Crippen molar-refractivity contribution in [3.05, 3.63) is 74.9 Å². The number of carbonyl (C=O) groups is 1. The predicted octanol–water partition coefficient (Wildman–Crippen LogP) is 5.09. The summed E-state index contributed by atoms with van der Waals surface area (Å²) >= 11 is 1.55. The first-order valence-electron chi connectivity index (χ1n) is 10.9. The van der Waals surface area contributed by atoms with E-state index in [4.69, 9.17) is 15.2 Å². The quantitative estimate of drug-likeness (QED) is 0.472. The van der Waals surface area contributed by atoms with Gasteiger partial charge in [-0.15, -0.1) is 11.3 Å². The zero-order valence-electron chi connectivity index (χ0n) is 18.3. The van der Waals surface area contributed by atoms with E-state index in [1.165, 1.54) is 0 Å². The molecule has 1 fully saturated rings. The Morgan fingerprint density at radius 2 is 2.09 bits per heavy atom. The summed E-state index contributed by atoms with van der Waals surface area (Å²) in [6, 6.07) is 14.0. The van der Waals surface area contributed by atoms with Gasteiger partial charge in [0.05, 0.1) is 27.5 Å². The van der Waals surface area contributed by atoms with Crippen molar-refractivity contribution in [2.75, 3.05) is 18.8 Å². The summed E-state index contributed by atoms with van der Waals surface area (Å²) in [6.07, 6.45) is 2.67. The van der Waals surface area contributed by atoms with Crippen molar-refractivity contribution >= 4 is 33.8 Å². The molecule has 0 bridgehead atoms. The largest absolute Gasteiger partial charge is 0.397 e. The van der Waals surface area contributed by atoms with Gasteiger partial charge < -0.3 is 15.2 Å². The molecule has 0 unspecified atom stereocenters. The number of aromatic nitrogens is 2. The second kappa shape index (κ2) is 8.39. The number of aryl methyl sites for hydroxylation is 2. The normalized spacial score (nSPS) is 16.6. The molecular formula is C25H26N4O2S. The number of fused-ring (bicyclic) bond motifs is 1. The lowest BCUT2D eigenvalue weighted by Gasteiger charge is -2.32. The summed E-state index contributed by atoms with van der Waals surface area (Å²) < 4.78 is 5.27. The molecule has 1 aromatic carbocycles. The third kappa shape index (κ3) is 3.88. The first-order chi connectivity index (χ1) is 15.5. The van der Waals surface area contributed by atoms with Crippen molar-refractivity contribution in [3.8, 4) is 0 Å². The van der Waals surface area contributed by atoms with Crippen molar-refractivity contribution in [2.24, 2.45) is 0 Å². The molecule has 7 heteroatoms. The van der Waals surface area contributed by atoms with E-state index in [-0.39, 0.29) is 11.8 Å². The van der Waals surface area contributed by atoms with Crippen LogP contribution in [0, 0.1) is 13.8 Å². The SMILES string of the molecule is Cc1noc(C)c1Cc1ccc(C(=O)N2CCC[C@@H](c3nc4ccccc4cc3N)C2)s1. The number of thiophene rings is 1. The van der Waals surface area contributed by atoms with Crippen LogP contribution in [0.15, 0.2) is 47.0 Å². The monoisotopic (exact) mass is 446 g/mol. The van der Waals surface area contributed by atoms with E-state index < -0.39 is 0 Å². The summed E-state index contributed by atoms with van der Waals surface area (Å²) in [4.78, 5) is 22.0. The molecule has 1 amide bonds. The lowest BCUT2D eigenvalue weighted by molar-refractivity contribution is 0.0711. The van der Waals surface area contributed by atoms with Crippen LogP contribution >= 0.6 is 11.3 Å². The van der Waals surface area contributed by atoms with Gasteiger partial charge in [-0.05, 0) is 51.0 Å². The number of piperidine rings is 1. The third-order valence-corrected chi connectivity index (χ3v) is 7.36. The molecule has 164 valence electrons. The number of anilines is 1. The Balaban J connectivity index is 1.33. The Morgan fingerprint density at radius 1 is 1.25 bits per heavy atom. The molecule has 2 N–H and O–H groups in total. The Kier molecular flexibility index (Phi) is 5.43. The Bertz CT molecular complexity index is 1270. The van der Waals surface area contributed by atoms with Crippen LogP contribution in [0.1, 0.15) is 56.0 Å². The molecule has 0 aliphatic carbocycles. The highest BCUT2D eigenvalue weighted by Crippen LogP contribution is 2.33. The number of nitrogen functional groups attached to an aromatic ring is 1.